The molecule has 0 aromatic carbocycles. The van der Waals surface area contributed by atoms with Crippen LogP contribution in [0.15, 0.2) is 0 Å². The first-order chi connectivity index (χ1) is 21.5. The van der Waals surface area contributed by atoms with Crippen LogP contribution in [0.1, 0.15) is 68.7 Å². The van der Waals surface area contributed by atoms with E-state index in [0.29, 0.717) is 12.5 Å². The van der Waals surface area contributed by atoms with E-state index in [1.165, 1.54) is 20.8 Å². The number of rotatable bonds is 14. The van der Waals surface area contributed by atoms with E-state index < -0.39 is 104 Å². The minimum absolute atomic E-state index is 0.358. The maximum Gasteiger partial charge on any atom is 0.303 e. The SMILES string of the molecule is CC(=O)N[C@H]1[C@@H](OC[C@@H](OC(C)=O)[C@H]2O[C@H]3OC(C)(C)O[C@H]3[C@H]2OCCC(C)C)O[C@@H](COC(C)=O)[C@@H](OC(C)=O)[C@H]1OC(C)=O. The van der Waals surface area contributed by atoms with Gasteiger partial charge in [-0.15, -0.1) is 0 Å². The minimum Gasteiger partial charge on any atom is -0.463 e. The summed E-state index contributed by atoms with van der Waals surface area (Å²) < 4.78 is 58.3. The van der Waals surface area contributed by atoms with E-state index in [1.54, 1.807) is 13.8 Å². The number of esters is 4. The molecule has 3 saturated heterocycles. The van der Waals surface area contributed by atoms with Gasteiger partial charge in [0.15, 0.2) is 36.7 Å². The van der Waals surface area contributed by atoms with Crippen LogP contribution in [0.4, 0.5) is 0 Å². The summed E-state index contributed by atoms with van der Waals surface area (Å²) in [7, 11) is 0. The van der Waals surface area contributed by atoms with Crippen LogP contribution < -0.4 is 5.32 Å². The predicted octanol–water partition coefficient (Wildman–Crippen LogP) is 0.899. The van der Waals surface area contributed by atoms with Gasteiger partial charge in [-0.1, -0.05) is 13.8 Å². The first-order valence-electron chi connectivity index (χ1n) is 15.3. The zero-order chi connectivity index (χ0) is 34.3. The largest absolute Gasteiger partial charge is 0.463 e. The highest BCUT2D eigenvalue weighted by atomic mass is 16.8. The van der Waals surface area contributed by atoms with Crippen LogP contribution in [0.5, 0.6) is 0 Å². The van der Waals surface area contributed by atoms with Gasteiger partial charge in [0.1, 0.15) is 37.1 Å². The summed E-state index contributed by atoms with van der Waals surface area (Å²) in [6.07, 6.45) is -8.58. The minimum atomic E-state index is -1.38. The standard InChI is InChI=1S/C30H47NO15/c1-14(2)10-11-37-26-24(44-29-27(26)45-30(8,9)46-29)20(40-17(5)34)13-39-28-22(31-15(3)32)25(42-19(7)36)23(41-18(6)35)21(43-28)12-38-16(4)33/h14,20-29H,10-13H2,1-9H3,(H,31,32)/t20-,21+,22-,23-,24-,25+,26+,27+,28+,29+/m1/s1. The summed E-state index contributed by atoms with van der Waals surface area (Å²) in [6, 6.07) is -1.22. The first kappa shape index (κ1) is 37.6. The Balaban J connectivity index is 1.91. The first-order valence-corrected chi connectivity index (χ1v) is 15.3. The third kappa shape index (κ3) is 10.6. The molecule has 0 spiro atoms. The molecule has 3 aliphatic heterocycles. The summed E-state index contributed by atoms with van der Waals surface area (Å²) in [5.41, 5.74) is 0. The van der Waals surface area contributed by atoms with Crippen molar-refractivity contribution in [1.29, 1.82) is 0 Å². The van der Waals surface area contributed by atoms with Gasteiger partial charge in [0.25, 0.3) is 0 Å². The molecule has 10 atom stereocenters. The molecule has 0 bridgehead atoms. The lowest BCUT2D eigenvalue weighted by molar-refractivity contribution is -0.287. The number of carbonyl (C=O) groups is 5. The highest BCUT2D eigenvalue weighted by molar-refractivity contribution is 5.73. The Morgan fingerprint density at radius 3 is 2.02 bits per heavy atom. The second-order valence-electron chi connectivity index (χ2n) is 12.3. The number of hydrogen-bond donors (Lipinski definition) is 1. The van der Waals surface area contributed by atoms with Crippen molar-refractivity contribution in [3.63, 3.8) is 0 Å². The molecule has 16 nitrogen and oxygen atoms in total. The molecule has 0 saturated carbocycles. The molecule has 0 aliphatic carbocycles. The summed E-state index contributed by atoms with van der Waals surface area (Å²) in [6.45, 7) is 13.1. The fourth-order valence-electron chi connectivity index (χ4n) is 5.46. The average molecular weight is 662 g/mol. The molecule has 0 aromatic heterocycles. The Morgan fingerprint density at radius 1 is 0.804 bits per heavy atom. The van der Waals surface area contributed by atoms with Gasteiger partial charge in [0.2, 0.25) is 5.91 Å². The fourth-order valence-corrected chi connectivity index (χ4v) is 5.46. The molecule has 1 N–H and O–H groups in total. The Labute approximate surface area is 268 Å². The predicted molar refractivity (Wildman–Crippen MR) is 153 cm³/mol. The summed E-state index contributed by atoms with van der Waals surface area (Å²) >= 11 is 0. The van der Waals surface area contributed by atoms with E-state index in [4.69, 9.17) is 47.4 Å². The Morgan fingerprint density at radius 2 is 1.46 bits per heavy atom. The van der Waals surface area contributed by atoms with Gasteiger partial charge in [-0.25, -0.2) is 0 Å². The fraction of sp³-hybridized carbons (Fsp3) is 0.833. The van der Waals surface area contributed by atoms with Gasteiger partial charge < -0.3 is 52.7 Å². The number of fused-ring (bicyclic) bond motifs is 1. The van der Waals surface area contributed by atoms with Gasteiger partial charge in [0, 0.05) is 41.2 Å². The van der Waals surface area contributed by atoms with E-state index in [0.717, 1.165) is 20.3 Å². The molecule has 262 valence electrons. The topological polar surface area (TPSA) is 190 Å². The van der Waals surface area contributed by atoms with Crippen molar-refractivity contribution in [3.8, 4) is 0 Å². The third-order valence-corrected chi connectivity index (χ3v) is 7.21. The van der Waals surface area contributed by atoms with Crippen molar-refractivity contribution in [2.45, 2.75) is 136 Å². The third-order valence-electron chi connectivity index (χ3n) is 7.21. The van der Waals surface area contributed by atoms with Crippen molar-refractivity contribution in [2.24, 2.45) is 5.92 Å². The second-order valence-corrected chi connectivity index (χ2v) is 12.3. The van der Waals surface area contributed by atoms with E-state index >= 15 is 0 Å². The number of carbonyl (C=O) groups excluding carboxylic acids is 5. The zero-order valence-corrected chi connectivity index (χ0v) is 27.8. The molecule has 46 heavy (non-hydrogen) atoms. The molecule has 0 radical (unpaired) electrons. The van der Waals surface area contributed by atoms with Gasteiger partial charge in [-0.05, 0) is 26.2 Å². The number of hydrogen-bond acceptors (Lipinski definition) is 15. The van der Waals surface area contributed by atoms with Crippen LogP contribution in [-0.4, -0.2) is 117 Å². The van der Waals surface area contributed by atoms with Crippen LogP contribution >= 0.6 is 0 Å². The van der Waals surface area contributed by atoms with Crippen molar-refractivity contribution in [3.05, 3.63) is 0 Å². The normalized spacial score (nSPS) is 32.3. The maximum absolute atomic E-state index is 12.3. The van der Waals surface area contributed by atoms with Crippen LogP contribution in [0.2, 0.25) is 0 Å². The summed E-state index contributed by atoms with van der Waals surface area (Å²) in [5.74, 6) is -3.90. The summed E-state index contributed by atoms with van der Waals surface area (Å²) in [4.78, 5) is 60.4. The van der Waals surface area contributed by atoms with E-state index in [9.17, 15) is 24.0 Å². The van der Waals surface area contributed by atoms with Crippen LogP contribution in [0, 0.1) is 5.92 Å². The quantitative estimate of drug-likeness (QED) is 0.204. The summed E-state index contributed by atoms with van der Waals surface area (Å²) in [5, 5.41) is 2.63. The lowest BCUT2D eigenvalue weighted by Crippen LogP contribution is -2.67. The van der Waals surface area contributed by atoms with Crippen molar-refractivity contribution in [1.82, 2.24) is 5.32 Å². The van der Waals surface area contributed by atoms with Crippen molar-refractivity contribution >= 4 is 29.8 Å². The number of ether oxygens (including phenoxy) is 10. The van der Waals surface area contributed by atoms with E-state index in [2.05, 4.69) is 19.2 Å². The van der Waals surface area contributed by atoms with Crippen molar-refractivity contribution < 1.29 is 71.3 Å². The average Bonchev–Trinajstić information content (AvgIpc) is 3.38. The highest BCUT2D eigenvalue weighted by Crippen LogP contribution is 2.40. The molecule has 0 aromatic rings. The van der Waals surface area contributed by atoms with Crippen molar-refractivity contribution in [2.75, 3.05) is 19.8 Å². The molecule has 1 amide bonds. The molecule has 3 fully saturated rings. The molecule has 3 heterocycles. The molecular weight excluding hydrogens is 614 g/mol. The van der Waals surface area contributed by atoms with E-state index in [1.807, 2.05) is 0 Å². The maximum atomic E-state index is 12.3. The molecular formula is C30H47NO15. The van der Waals surface area contributed by atoms with Gasteiger partial charge in [-0.2, -0.15) is 0 Å². The molecule has 3 rings (SSSR count). The molecule has 3 aliphatic rings. The van der Waals surface area contributed by atoms with Gasteiger partial charge >= 0.3 is 23.9 Å². The number of nitrogens with one attached hydrogen (secondary N) is 1. The zero-order valence-electron chi connectivity index (χ0n) is 27.8. The lowest BCUT2D eigenvalue weighted by atomic mass is 9.96. The van der Waals surface area contributed by atoms with Gasteiger partial charge in [-0.3, -0.25) is 24.0 Å². The Hall–Kier alpha value is -2.89. The lowest BCUT2D eigenvalue weighted by Gasteiger charge is -2.45. The smallest absolute Gasteiger partial charge is 0.303 e. The highest BCUT2D eigenvalue weighted by Gasteiger charge is 2.58. The van der Waals surface area contributed by atoms with Gasteiger partial charge in [0.05, 0.1) is 6.61 Å². The van der Waals surface area contributed by atoms with Crippen LogP contribution in [0.3, 0.4) is 0 Å². The Bertz CT molecular complexity index is 1100. The van der Waals surface area contributed by atoms with Crippen LogP contribution in [-0.2, 0) is 71.3 Å². The second kappa shape index (κ2) is 16.3. The monoisotopic (exact) mass is 661 g/mol. The number of amides is 1. The van der Waals surface area contributed by atoms with E-state index in [-0.39, 0.29) is 6.61 Å². The Kier molecular flexibility index (Phi) is 13.3. The molecule has 16 heteroatoms. The molecule has 0 unspecified atom stereocenters. The van der Waals surface area contributed by atoms with Crippen LogP contribution in [0.25, 0.3) is 0 Å².